The van der Waals surface area contributed by atoms with Gasteiger partial charge in [0, 0.05) is 11.8 Å². The number of pyridine rings is 1. The molecule has 0 aliphatic heterocycles. The Hall–Kier alpha value is -2.14. The fourth-order valence-corrected chi connectivity index (χ4v) is 1.89. The van der Waals surface area contributed by atoms with Gasteiger partial charge in [-0.25, -0.2) is 4.98 Å². The van der Waals surface area contributed by atoms with Gasteiger partial charge in [-0.15, -0.1) is 0 Å². The predicted molar refractivity (Wildman–Crippen MR) is 71.9 cm³/mol. The van der Waals surface area contributed by atoms with Crippen LogP contribution in [0.5, 0.6) is 11.6 Å². The second-order valence-corrected chi connectivity index (χ2v) is 4.48. The van der Waals surface area contributed by atoms with Crippen LogP contribution in [-0.2, 0) is 0 Å². The van der Waals surface area contributed by atoms with Crippen molar-refractivity contribution in [1.29, 1.82) is 0 Å². The van der Waals surface area contributed by atoms with Gasteiger partial charge in [-0.2, -0.15) is 0 Å². The molecule has 0 aliphatic carbocycles. The molecule has 0 saturated carbocycles. The number of rotatable bonds is 3. The quantitative estimate of drug-likeness (QED) is 0.627. The average Bonchev–Trinajstić information content (AvgIpc) is 2.32. The Morgan fingerprint density at radius 3 is 2.68 bits per heavy atom. The lowest BCUT2D eigenvalue weighted by atomic mass is 10.2. The van der Waals surface area contributed by atoms with E-state index < -0.39 is 4.92 Å². The number of hydrogen-bond donors (Lipinski definition) is 0. The Labute approximate surface area is 115 Å². The molecular weight excluding hydrogens is 268 g/mol. The number of aromatic nitrogens is 1. The molecule has 0 saturated heterocycles. The third-order valence-electron chi connectivity index (χ3n) is 2.57. The molecule has 19 heavy (non-hydrogen) atoms. The summed E-state index contributed by atoms with van der Waals surface area (Å²) in [6.07, 6.45) is 1.46. The number of ether oxygens (including phenoxy) is 1. The Kier molecular flexibility index (Phi) is 3.66. The second-order valence-electron chi connectivity index (χ2n) is 4.07. The molecule has 0 amide bonds. The number of nitro groups is 1. The standard InChI is InChI=1S/C13H11ClN2O3/c1-8-3-4-11(10(14)7-8)19-13-12(16(17)18)9(2)5-6-15-13/h3-7H,1-2H3. The van der Waals surface area contributed by atoms with E-state index in [-0.39, 0.29) is 11.6 Å². The summed E-state index contributed by atoms with van der Waals surface area (Å²) >= 11 is 6.03. The highest BCUT2D eigenvalue weighted by Gasteiger charge is 2.21. The molecule has 0 spiro atoms. The fraction of sp³-hybridized carbons (Fsp3) is 0.154. The van der Waals surface area contributed by atoms with Crippen molar-refractivity contribution in [2.75, 3.05) is 0 Å². The van der Waals surface area contributed by atoms with E-state index in [1.807, 2.05) is 13.0 Å². The maximum absolute atomic E-state index is 11.0. The first-order valence-electron chi connectivity index (χ1n) is 5.53. The van der Waals surface area contributed by atoms with Gasteiger partial charge in [-0.05, 0) is 37.6 Å². The summed E-state index contributed by atoms with van der Waals surface area (Å²) in [6, 6.07) is 6.74. The average molecular weight is 279 g/mol. The summed E-state index contributed by atoms with van der Waals surface area (Å²) in [5, 5.41) is 11.4. The number of aryl methyl sites for hydroxylation is 2. The first-order valence-corrected chi connectivity index (χ1v) is 5.91. The topological polar surface area (TPSA) is 65.3 Å². The van der Waals surface area contributed by atoms with Crippen LogP contribution in [0.4, 0.5) is 5.69 Å². The van der Waals surface area contributed by atoms with Crippen LogP contribution in [0.3, 0.4) is 0 Å². The summed E-state index contributed by atoms with van der Waals surface area (Å²) in [5.74, 6) is 0.282. The highest BCUT2D eigenvalue weighted by atomic mass is 35.5. The number of hydrogen-bond acceptors (Lipinski definition) is 4. The van der Waals surface area contributed by atoms with E-state index in [0.717, 1.165) is 5.56 Å². The van der Waals surface area contributed by atoms with Gasteiger partial charge in [-0.1, -0.05) is 17.7 Å². The van der Waals surface area contributed by atoms with Crippen molar-refractivity contribution in [3.05, 3.63) is 56.7 Å². The molecule has 5 nitrogen and oxygen atoms in total. The van der Waals surface area contributed by atoms with Crippen molar-refractivity contribution in [2.24, 2.45) is 0 Å². The molecular formula is C13H11ClN2O3. The van der Waals surface area contributed by atoms with Crippen molar-refractivity contribution in [1.82, 2.24) is 4.98 Å². The lowest BCUT2D eigenvalue weighted by Gasteiger charge is -2.08. The molecule has 0 fully saturated rings. The Balaban J connectivity index is 2.44. The van der Waals surface area contributed by atoms with Crippen LogP contribution >= 0.6 is 11.6 Å². The van der Waals surface area contributed by atoms with E-state index in [0.29, 0.717) is 16.3 Å². The van der Waals surface area contributed by atoms with E-state index in [4.69, 9.17) is 16.3 Å². The van der Waals surface area contributed by atoms with Crippen molar-refractivity contribution in [3.8, 4) is 11.6 Å². The predicted octanol–water partition coefficient (Wildman–Crippen LogP) is 4.05. The number of nitrogens with zero attached hydrogens (tertiary/aromatic N) is 2. The van der Waals surface area contributed by atoms with Gasteiger partial charge < -0.3 is 4.74 Å². The van der Waals surface area contributed by atoms with Gasteiger partial charge in [-0.3, -0.25) is 10.1 Å². The molecule has 2 aromatic rings. The molecule has 0 aliphatic rings. The van der Waals surface area contributed by atoms with Gasteiger partial charge in [0.25, 0.3) is 5.88 Å². The molecule has 0 N–H and O–H groups in total. The molecule has 0 atom stereocenters. The molecule has 98 valence electrons. The van der Waals surface area contributed by atoms with Crippen molar-refractivity contribution in [3.63, 3.8) is 0 Å². The van der Waals surface area contributed by atoms with Crippen LogP contribution in [0.2, 0.25) is 5.02 Å². The maximum atomic E-state index is 11.0. The van der Waals surface area contributed by atoms with Gasteiger partial charge in [0.15, 0.2) is 0 Å². The third-order valence-corrected chi connectivity index (χ3v) is 2.86. The van der Waals surface area contributed by atoms with Crippen LogP contribution in [0.15, 0.2) is 30.5 Å². The molecule has 0 radical (unpaired) electrons. The third kappa shape index (κ3) is 2.82. The van der Waals surface area contributed by atoms with Gasteiger partial charge in [0.2, 0.25) is 0 Å². The van der Waals surface area contributed by atoms with Crippen LogP contribution in [0, 0.1) is 24.0 Å². The monoisotopic (exact) mass is 278 g/mol. The first kappa shape index (κ1) is 13.3. The molecule has 0 bridgehead atoms. The van der Waals surface area contributed by atoms with Crippen molar-refractivity contribution in [2.45, 2.75) is 13.8 Å². The van der Waals surface area contributed by atoms with Crippen LogP contribution < -0.4 is 4.74 Å². The van der Waals surface area contributed by atoms with Crippen LogP contribution in [-0.4, -0.2) is 9.91 Å². The minimum atomic E-state index is -0.514. The maximum Gasteiger partial charge on any atom is 0.334 e. The normalized spacial score (nSPS) is 10.3. The molecule has 1 heterocycles. The Bertz CT molecular complexity index is 644. The van der Waals surface area contributed by atoms with E-state index >= 15 is 0 Å². The molecule has 6 heteroatoms. The number of halogens is 1. The lowest BCUT2D eigenvalue weighted by Crippen LogP contribution is -1.98. The molecule has 1 aromatic heterocycles. The second kappa shape index (κ2) is 5.24. The summed E-state index contributed by atoms with van der Waals surface area (Å²) in [7, 11) is 0. The van der Waals surface area contributed by atoms with Gasteiger partial charge in [0.05, 0.1) is 9.95 Å². The van der Waals surface area contributed by atoms with Crippen LogP contribution in [0.25, 0.3) is 0 Å². The van der Waals surface area contributed by atoms with E-state index in [9.17, 15) is 10.1 Å². The van der Waals surface area contributed by atoms with E-state index in [1.54, 1.807) is 25.1 Å². The van der Waals surface area contributed by atoms with Crippen LogP contribution in [0.1, 0.15) is 11.1 Å². The zero-order valence-electron chi connectivity index (χ0n) is 10.4. The Morgan fingerprint density at radius 1 is 1.32 bits per heavy atom. The molecule has 0 unspecified atom stereocenters. The molecule has 2 rings (SSSR count). The highest BCUT2D eigenvalue weighted by molar-refractivity contribution is 6.32. The SMILES string of the molecule is Cc1ccc(Oc2nccc(C)c2[N+](=O)[O-])c(Cl)c1. The van der Waals surface area contributed by atoms with Crippen molar-refractivity contribution >= 4 is 17.3 Å². The minimum absolute atomic E-state index is 0.0595. The zero-order chi connectivity index (χ0) is 14.0. The zero-order valence-corrected chi connectivity index (χ0v) is 11.1. The molecule has 1 aromatic carbocycles. The lowest BCUT2D eigenvalue weighted by molar-refractivity contribution is -0.386. The summed E-state index contributed by atoms with van der Waals surface area (Å²) in [4.78, 5) is 14.4. The van der Waals surface area contributed by atoms with Gasteiger partial charge in [0.1, 0.15) is 5.75 Å². The highest BCUT2D eigenvalue weighted by Crippen LogP contribution is 2.35. The first-order chi connectivity index (χ1) is 8.99. The van der Waals surface area contributed by atoms with Gasteiger partial charge >= 0.3 is 5.69 Å². The smallest absolute Gasteiger partial charge is 0.334 e. The fourth-order valence-electron chi connectivity index (χ4n) is 1.62. The minimum Gasteiger partial charge on any atom is -0.432 e. The summed E-state index contributed by atoms with van der Waals surface area (Å²) < 4.78 is 5.45. The van der Waals surface area contributed by atoms with E-state index in [2.05, 4.69) is 4.98 Å². The summed E-state index contributed by atoms with van der Waals surface area (Å²) in [5.41, 5.74) is 1.31. The number of benzene rings is 1. The Morgan fingerprint density at radius 2 is 2.05 bits per heavy atom. The largest absolute Gasteiger partial charge is 0.432 e. The van der Waals surface area contributed by atoms with E-state index in [1.165, 1.54) is 6.20 Å². The van der Waals surface area contributed by atoms with Crippen molar-refractivity contribution < 1.29 is 9.66 Å². The summed E-state index contributed by atoms with van der Waals surface area (Å²) in [6.45, 7) is 3.52.